The number of carbonyl (C=O) groups excluding carboxylic acids is 2. The van der Waals surface area contributed by atoms with Crippen molar-refractivity contribution < 1.29 is 23.7 Å². The average Bonchev–Trinajstić information content (AvgIpc) is 3.25. The van der Waals surface area contributed by atoms with Crippen LogP contribution in [0.1, 0.15) is 29.9 Å². The van der Waals surface area contributed by atoms with Gasteiger partial charge < -0.3 is 14.5 Å². The number of carbonyl (C=O) groups is 2. The zero-order valence-corrected chi connectivity index (χ0v) is 18.0. The Morgan fingerprint density at radius 2 is 1.94 bits per heavy atom. The van der Waals surface area contributed by atoms with Crippen molar-refractivity contribution in [3.05, 3.63) is 81.2 Å². The summed E-state index contributed by atoms with van der Waals surface area (Å²) in [6, 6.07) is 11.9. The molecule has 32 heavy (non-hydrogen) atoms. The van der Waals surface area contributed by atoms with Gasteiger partial charge in [-0.2, -0.15) is 0 Å². The van der Waals surface area contributed by atoms with Crippen molar-refractivity contribution in [2.75, 3.05) is 0 Å². The summed E-state index contributed by atoms with van der Waals surface area (Å²) in [5.74, 6) is -1.23. The third-order valence-electron chi connectivity index (χ3n) is 4.55. The Balaban J connectivity index is 1.65. The quantitative estimate of drug-likeness (QED) is 0.302. The summed E-state index contributed by atoms with van der Waals surface area (Å²) >= 11 is 5.78. The van der Waals surface area contributed by atoms with E-state index in [1.54, 1.807) is 13.8 Å². The molecular formula is C22H20ClN3O6. The van der Waals surface area contributed by atoms with Gasteiger partial charge in [0, 0.05) is 17.2 Å². The molecule has 10 heteroatoms. The first-order valence-electron chi connectivity index (χ1n) is 9.67. The SMILES string of the molecule is CC(C)[C@H](NC(=O)c1ccc(Cl)c([N+](=O)[O-])c1)C(=O)OCc1coc(-c2ccccc2)n1. The van der Waals surface area contributed by atoms with E-state index in [1.807, 2.05) is 30.3 Å². The van der Waals surface area contributed by atoms with E-state index in [1.165, 1.54) is 18.4 Å². The number of nitrogens with one attached hydrogen (secondary N) is 1. The summed E-state index contributed by atoms with van der Waals surface area (Å²) < 4.78 is 10.7. The first-order chi connectivity index (χ1) is 15.3. The number of aromatic nitrogens is 1. The number of oxazole rings is 1. The van der Waals surface area contributed by atoms with E-state index in [9.17, 15) is 19.7 Å². The Hall–Kier alpha value is -3.72. The standard InChI is InChI=1S/C22H20ClN3O6/c1-13(2)19(25-20(27)15-8-9-17(23)18(10-15)26(29)30)22(28)32-12-16-11-31-21(24-16)14-6-4-3-5-7-14/h3-11,13,19H,12H2,1-2H3,(H,25,27)/t19-/m0/s1. The number of nitrogens with zero attached hydrogens (tertiary/aromatic N) is 2. The van der Waals surface area contributed by atoms with Gasteiger partial charge in [0.2, 0.25) is 5.89 Å². The zero-order valence-electron chi connectivity index (χ0n) is 17.3. The molecule has 0 aliphatic heterocycles. The molecule has 1 amide bonds. The Labute approximate surface area is 188 Å². The molecule has 3 aromatic rings. The van der Waals surface area contributed by atoms with Crippen molar-refractivity contribution in [2.24, 2.45) is 5.92 Å². The highest BCUT2D eigenvalue weighted by atomic mass is 35.5. The summed E-state index contributed by atoms with van der Waals surface area (Å²) in [5.41, 5.74) is 0.806. The lowest BCUT2D eigenvalue weighted by Gasteiger charge is -2.20. The topological polar surface area (TPSA) is 125 Å². The van der Waals surface area contributed by atoms with Gasteiger partial charge >= 0.3 is 5.97 Å². The second-order valence-electron chi connectivity index (χ2n) is 7.24. The fourth-order valence-electron chi connectivity index (χ4n) is 2.84. The number of nitro groups is 1. The molecule has 0 aliphatic carbocycles. The molecule has 0 spiro atoms. The van der Waals surface area contributed by atoms with Crippen LogP contribution in [0.5, 0.6) is 0 Å². The molecule has 0 radical (unpaired) electrons. The molecule has 1 atom stereocenters. The number of benzene rings is 2. The van der Waals surface area contributed by atoms with Crippen molar-refractivity contribution in [3.63, 3.8) is 0 Å². The number of ether oxygens (including phenoxy) is 1. The van der Waals surface area contributed by atoms with Crippen LogP contribution < -0.4 is 5.32 Å². The number of halogens is 1. The van der Waals surface area contributed by atoms with Gasteiger partial charge in [-0.05, 0) is 30.2 Å². The van der Waals surface area contributed by atoms with Gasteiger partial charge in [0.05, 0.1) is 4.92 Å². The van der Waals surface area contributed by atoms with Crippen molar-refractivity contribution in [3.8, 4) is 11.5 Å². The first kappa shape index (κ1) is 23.0. The Kier molecular flexibility index (Phi) is 7.21. The second-order valence-corrected chi connectivity index (χ2v) is 7.64. The van der Waals surface area contributed by atoms with Gasteiger partial charge in [-0.25, -0.2) is 9.78 Å². The van der Waals surface area contributed by atoms with Crippen LogP contribution in [0.15, 0.2) is 59.2 Å². The highest BCUT2D eigenvalue weighted by molar-refractivity contribution is 6.32. The molecule has 166 valence electrons. The van der Waals surface area contributed by atoms with E-state index < -0.39 is 28.5 Å². The summed E-state index contributed by atoms with van der Waals surface area (Å²) in [6.07, 6.45) is 1.39. The van der Waals surface area contributed by atoms with Crippen LogP contribution in [0.3, 0.4) is 0 Å². The minimum absolute atomic E-state index is 0.00329. The molecule has 0 bridgehead atoms. The van der Waals surface area contributed by atoms with Crippen LogP contribution in [0, 0.1) is 16.0 Å². The molecule has 0 aliphatic rings. The third kappa shape index (κ3) is 5.50. The van der Waals surface area contributed by atoms with Crippen molar-refractivity contribution in [2.45, 2.75) is 26.5 Å². The van der Waals surface area contributed by atoms with Gasteiger partial charge in [-0.3, -0.25) is 14.9 Å². The van der Waals surface area contributed by atoms with Crippen LogP contribution >= 0.6 is 11.6 Å². The molecule has 1 heterocycles. The lowest BCUT2D eigenvalue weighted by Crippen LogP contribution is -2.45. The fraction of sp³-hybridized carbons (Fsp3) is 0.227. The van der Waals surface area contributed by atoms with Crippen LogP contribution in [0.4, 0.5) is 5.69 Å². The van der Waals surface area contributed by atoms with Gasteiger partial charge in [0.1, 0.15) is 29.6 Å². The van der Waals surface area contributed by atoms with Crippen molar-refractivity contribution in [1.29, 1.82) is 0 Å². The number of rotatable bonds is 8. The monoisotopic (exact) mass is 457 g/mol. The summed E-state index contributed by atoms with van der Waals surface area (Å²) in [7, 11) is 0. The Morgan fingerprint density at radius 3 is 2.59 bits per heavy atom. The normalized spacial score (nSPS) is 11.8. The maximum Gasteiger partial charge on any atom is 0.329 e. The predicted octanol–water partition coefficient (Wildman–Crippen LogP) is 4.40. The van der Waals surface area contributed by atoms with Crippen molar-refractivity contribution in [1.82, 2.24) is 10.3 Å². The van der Waals surface area contributed by atoms with Gasteiger partial charge in [0.15, 0.2) is 0 Å². The fourth-order valence-corrected chi connectivity index (χ4v) is 3.02. The van der Waals surface area contributed by atoms with Gasteiger partial charge in [-0.1, -0.05) is 43.6 Å². The van der Waals surface area contributed by atoms with E-state index in [-0.39, 0.29) is 23.1 Å². The summed E-state index contributed by atoms with van der Waals surface area (Å²) in [6.45, 7) is 3.33. The lowest BCUT2D eigenvalue weighted by atomic mass is 10.0. The van der Waals surface area contributed by atoms with E-state index >= 15 is 0 Å². The van der Waals surface area contributed by atoms with E-state index in [4.69, 9.17) is 20.8 Å². The molecule has 0 saturated heterocycles. The number of nitro benzene ring substituents is 1. The second kappa shape index (κ2) is 10.1. The van der Waals surface area contributed by atoms with E-state index in [0.717, 1.165) is 11.6 Å². The highest BCUT2D eigenvalue weighted by Crippen LogP contribution is 2.25. The van der Waals surface area contributed by atoms with E-state index in [2.05, 4.69) is 10.3 Å². The maximum absolute atomic E-state index is 12.6. The zero-order chi connectivity index (χ0) is 23.3. The molecule has 0 fully saturated rings. The van der Waals surface area contributed by atoms with Gasteiger partial charge in [-0.15, -0.1) is 0 Å². The van der Waals surface area contributed by atoms with Crippen LogP contribution in [0.25, 0.3) is 11.5 Å². The van der Waals surface area contributed by atoms with Crippen LogP contribution in [0.2, 0.25) is 5.02 Å². The molecule has 1 aromatic heterocycles. The number of amides is 1. The number of hydrogen-bond acceptors (Lipinski definition) is 7. The lowest BCUT2D eigenvalue weighted by molar-refractivity contribution is -0.384. The van der Waals surface area contributed by atoms with Crippen LogP contribution in [-0.2, 0) is 16.1 Å². The predicted molar refractivity (Wildman–Crippen MR) is 116 cm³/mol. The minimum Gasteiger partial charge on any atom is -0.458 e. The molecule has 0 unspecified atom stereocenters. The van der Waals surface area contributed by atoms with Gasteiger partial charge in [0.25, 0.3) is 11.6 Å². The molecule has 2 aromatic carbocycles. The smallest absolute Gasteiger partial charge is 0.329 e. The Bertz CT molecular complexity index is 1130. The molecular weight excluding hydrogens is 438 g/mol. The summed E-state index contributed by atoms with van der Waals surface area (Å²) in [5, 5.41) is 13.5. The van der Waals surface area contributed by atoms with E-state index in [0.29, 0.717) is 11.6 Å². The van der Waals surface area contributed by atoms with Crippen LogP contribution in [-0.4, -0.2) is 27.8 Å². The molecule has 3 rings (SSSR count). The maximum atomic E-state index is 12.6. The number of hydrogen-bond donors (Lipinski definition) is 1. The highest BCUT2D eigenvalue weighted by Gasteiger charge is 2.27. The average molecular weight is 458 g/mol. The van der Waals surface area contributed by atoms with Crippen molar-refractivity contribution >= 4 is 29.2 Å². The Morgan fingerprint density at radius 1 is 1.22 bits per heavy atom. The molecule has 1 N–H and O–H groups in total. The molecule has 9 nitrogen and oxygen atoms in total. The largest absolute Gasteiger partial charge is 0.458 e. The first-order valence-corrected chi connectivity index (χ1v) is 10.1. The summed E-state index contributed by atoms with van der Waals surface area (Å²) in [4.78, 5) is 39.8. The molecule has 0 saturated carbocycles. The minimum atomic E-state index is -0.974. The number of esters is 1. The third-order valence-corrected chi connectivity index (χ3v) is 4.87.